The van der Waals surface area contributed by atoms with Crippen LogP contribution in [-0.4, -0.2) is 4.57 Å². The maximum absolute atomic E-state index is 14.2. The van der Waals surface area contributed by atoms with Gasteiger partial charge < -0.3 is 9.30 Å². The maximum Gasteiger partial charge on any atom is 0.147 e. The molecule has 4 heteroatoms. The fourth-order valence-electron chi connectivity index (χ4n) is 2.58. The average molecular weight is 318 g/mol. The summed E-state index contributed by atoms with van der Waals surface area (Å²) in [7, 11) is 0. The Hall–Kier alpha value is -2.00. The van der Waals surface area contributed by atoms with Gasteiger partial charge in [0.15, 0.2) is 0 Å². The van der Waals surface area contributed by atoms with Gasteiger partial charge in [0.1, 0.15) is 18.2 Å². The van der Waals surface area contributed by atoms with E-state index < -0.39 is 0 Å². The van der Waals surface area contributed by atoms with Crippen LogP contribution in [0.2, 0.25) is 5.02 Å². The summed E-state index contributed by atoms with van der Waals surface area (Å²) >= 11 is 5.95. The Bertz CT molecular complexity index is 810. The molecule has 0 N–H and O–H groups in total. The highest BCUT2D eigenvalue weighted by atomic mass is 35.5. The van der Waals surface area contributed by atoms with Crippen molar-refractivity contribution in [3.05, 3.63) is 65.1 Å². The molecule has 0 saturated carbocycles. The first kappa shape index (κ1) is 14.9. The molecule has 0 radical (unpaired) electrons. The summed E-state index contributed by atoms with van der Waals surface area (Å²) < 4.78 is 21.9. The Kier molecular flexibility index (Phi) is 4.08. The molecule has 3 rings (SSSR count). The van der Waals surface area contributed by atoms with Gasteiger partial charge in [0, 0.05) is 28.2 Å². The third kappa shape index (κ3) is 2.81. The number of ether oxygens (including phenoxy) is 1. The zero-order chi connectivity index (χ0) is 15.7. The molecule has 0 saturated heterocycles. The number of benzene rings is 2. The fourth-order valence-corrected chi connectivity index (χ4v) is 2.76. The molecule has 0 aliphatic carbocycles. The number of hydrogen-bond donors (Lipinski definition) is 0. The van der Waals surface area contributed by atoms with Crippen molar-refractivity contribution in [2.24, 2.45) is 0 Å². The highest BCUT2D eigenvalue weighted by Crippen LogP contribution is 2.28. The molecular formula is C18H17ClFNO. The first-order chi connectivity index (χ1) is 10.6. The number of fused-ring (bicyclic) bond motifs is 1. The molecule has 0 amide bonds. The van der Waals surface area contributed by atoms with Crippen LogP contribution in [0.1, 0.15) is 25.5 Å². The van der Waals surface area contributed by atoms with E-state index in [9.17, 15) is 4.39 Å². The average Bonchev–Trinajstić information content (AvgIpc) is 2.86. The lowest BCUT2D eigenvalue weighted by Gasteiger charge is -2.09. The number of halogens is 2. The highest BCUT2D eigenvalue weighted by molar-refractivity contribution is 6.30. The summed E-state index contributed by atoms with van der Waals surface area (Å²) in [6.45, 7) is 4.45. The quantitative estimate of drug-likeness (QED) is 0.611. The molecule has 2 nitrogen and oxygen atoms in total. The zero-order valence-corrected chi connectivity index (χ0v) is 13.3. The van der Waals surface area contributed by atoms with Crippen LogP contribution in [0, 0.1) is 5.82 Å². The second kappa shape index (κ2) is 6.01. The lowest BCUT2D eigenvalue weighted by molar-refractivity contribution is 0.307. The van der Waals surface area contributed by atoms with Crippen molar-refractivity contribution in [1.82, 2.24) is 4.57 Å². The van der Waals surface area contributed by atoms with Crippen molar-refractivity contribution >= 4 is 22.5 Å². The van der Waals surface area contributed by atoms with Crippen molar-refractivity contribution < 1.29 is 9.13 Å². The van der Waals surface area contributed by atoms with E-state index in [0.29, 0.717) is 22.9 Å². The van der Waals surface area contributed by atoms with Crippen LogP contribution in [-0.2, 0) is 6.61 Å². The molecule has 0 bridgehead atoms. The van der Waals surface area contributed by atoms with Crippen molar-refractivity contribution in [3.8, 4) is 5.75 Å². The van der Waals surface area contributed by atoms with E-state index in [1.165, 1.54) is 6.07 Å². The lowest BCUT2D eigenvalue weighted by atomic mass is 10.2. The summed E-state index contributed by atoms with van der Waals surface area (Å²) in [5.74, 6) is 0.495. The Balaban J connectivity index is 1.96. The Morgan fingerprint density at radius 1 is 1.18 bits per heavy atom. The van der Waals surface area contributed by atoms with Gasteiger partial charge in [-0.3, -0.25) is 0 Å². The van der Waals surface area contributed by atoms with E-state index in [2.05, 4.69) is 0 Å². The second-order valence-corrected chi connectivity index (χ2v) is 5.97. The zero-order valence-electron chi connectivity index (χ0n) is 12.5. The van der Waals surface area contributed by atoms with Crippen LogP contribution in [0.15, 0.2) is 48.7 Å². The largest absolute Gasteiger partial charge is 0.489 e. The molecule has 1 aromatic heterocycles. The van der Waals surface area contributed by atoms with Crippen molar-refractivity contribution in [2.45, 2.75) is 26.5 Å². The molecule has 1 heterocycles. The van der Waals surface area contributed by atoms with Gasteiger partial charge in [0.2, 0.25) is 0 Å². The van der Waals surface area contributed by atoms with Crippen LogP contribution < -0.4 is 4.74 Å². The molecule has 22 heavy (non-hydrogen) atoms. The molecule has 0 aliphatic heterocycles. The van der Waals surface area contributed by atoms with Gasteiger partial charge in [0.05, 0.1) is 5.52 Å². The van der Waals surface area contributed by atoms with E-state index in [0.717, 1.165) is 10.9 Å². The van der Waals surface area contributed by atoms with Gasteiger partial charge in [-0.2, -0.15) is 0 Å². The van der Waals surface area contributed by atoms with Gasteiger partial charge in [-0.1, -0.05) is 29.8 Å². The molecule has 0 unspecified atom stereocenters. The molecule has 0 atom stereocenters. The van der Waals surface area contributed by atoms with Crippen LogP contribution in [0.3, 0.4) is 0 Å². The minimum Gasteiger partial charge on any atom is -0.489 e. The molecule has 0 fully saturated rings. The first-order valence-corrected chi connectivity index (χ1v) is 7.60. The molecule has 0 spiro atoms. The standard InChI is InChI=1S/C18H17ClFNO/c1-12(2)21-10-13(16-7-4-8-17(20)18(16)21)11-22-15-6-3-5-14(19)9-15/h3-10,12H,11H2,1-2H3. The normalized spacial score (nSPS) is 11.3. The minimum absolute atomic E-state index is 0.180. The van der Waals surface area contributed by atoms with Gasteiger partial charge in [-0.05, 0) is 38.1 Å². The summed E-state index contributed by atoms with van der Waals surface area (Å²) in [5.41, 5.74) is 1.59. The summed E-state index contributed by atoms with van der Waals surface area (Å²) in [4.78, 5) is 0. The monoisotopic (exact) mass is 317 g/mol. The molecular weight excluding hydrogens is 301 g/mol. The summed E-state index contributed by atoms with van der Waals surface area (Å²) in [5, 5.41) is 1.52. The number of aromatic nitrogens is 1. The number of rotatable bonds is 4. The fraction of sp³-hybridized carbons (Fsp3) is 0.222. The summed E-state index contributed by atoms with van der Waals surface area (Å²) in [6.07, 6.45) is 1.96. The van der Waals surface area contributed by atoms with E-state index in [1.54, 1.807) is 18.2 Å². The highest BCUT2D eigenvalue weighted by Gasteiger charge is 2.14. The predicted octanol–water partition coefficient (Wildman–Crippen LogP) is 5.59. The first-order valence-electron chi connectivity index (χ1n) is 7.22. The van der Waals surface area contributed by atoms with Gasteiger partial charge in [0.25, 0.3) is 0 Å². The van der Waals surface area contributed by atoms with E-state index in [-0.39, 0.29) is 11.9 Å². The Morgan fingerprint density at radius 2 is 1.95 bits per heavy atom. The third-order valence-electron chi connectivity index (χ3n) is 3.63. The van der Waals surface area contributed by atoms with Gasteiger partial charge in [-0.25, -0.2) is 4.39 Å². The van der Waals surface area contributed by atoms with E-state index in [4.69, 9.17) is 16.3 Å². The minimum atomic E-state index is -0.208. The van der Waals surface area contributed by atoms with Crippen molar-refractivity contribution in [1.29, 1.82) is 0 Å². The van der Waals surface area contributed by atoms with Crippen LogP contribution in [0.4, 0.5) is 4.39 Å². The SMILES string of the molecule is CC(C)n1cc(COc2cccc(Cl)c2)c2cccc(F)c21. The van der Waals surface area contributed by atoms with Crippen molar-refractivity contribution in [3.63, 3.8) is 0 Å². The van der Waals surface area contributed by atoms with Crippen LogP contribution in [0.5, 0.6) is 5.75 Å². The topological polar surface area (TPSA) is 14.2 Å². The molecule has 2 aromatic carbocycles. The van der Waals surface area contributed by atoms with Crippen molar-refractivity contribution in [2.75, 3.05) is 0 Å². The molecule has 114 valence electrons. The number of para-hydroxylation sites is 1. The number of nitrogens with zero attached hydrogens (tertiary/aromatic N) is 1. The van der Waals surface area contributed by atoms with Crippen LogP contribution >= 0.6 is 11.6 Å². The second-order valence-electron chi connectivity index (χ2n) is 5.54. The number of hydrogen-bond acceptors (Lipinski definition) is 1. The van der Waals surface area contributed by atoms with Crippen LogP contribution in [0.25, 0.3) is 10.9 Å². The molecule has 3 aromatic rings. The molecule has 0 aliphatic rings. The van der Waals surface area contributed by atoms with E-state index in [1.807, 2.05) is 42.8 Å². The lowest BCUT2D eigenvalue weighted by Crippen LogP contribution is -2.00. The van der Waals surface area contributed by atoms with Gasteiger partial charge >= 0.3 is 0 Å². The maximum atomic E-state index is 14.2. The smallest absolute Gasteiger partial charge is 0.147 e. The summed E-state index contributed by atoms with van der Waals surface area (Å²) in [6, 6.07) is 12.6. The predicted molar refractivity (Wildman–Crippen MR) is 88.1 cm³/mol. The van der Waals surface area contributed by atoms with E-state index >= 15 is 0 Å². The third-order valence-corrected chi connectivity index (χ3v) is 3.87. The van der Waals surface area contributed by atoms with Gasteiger partial charge in [-0.15, -0.1) is 0 Å². The Morgan fingerprint density at radius 3 is 2.68 bits per heavy atom. The Labute approximate surface area is 134 Å².